The van der Waals surface area contributed by atoms with Crippen LogP contribution in [0.1, 0.15) is 35.2 Å². The maximum atomic E-state index is 12.7. The zero-order valence-corrected chi connectivity index (χ0v) is 14.8. The highest BCUT2D eigenvalue weighted by atomic mass is 16.5. The highest BCUT2D eigenvalue weighted by Gasteiger charge is 2.39. The van der Waals surface area contributed by atoms with Gasteiger partial charge >= 0.3 is 0 Å². The molecule has 1 saturated heterocycles. The van der Waals surface area contributed by atoms with Crippen LogP contribution in [-0.2, 0) is 25.7 Å². The summed E-state index contributed by atoms with van der Waals surface area (Å²) in [6.07, 6.45) is 0.737. The van der Waals surface area contributed by atoms with E-state index in [9.17, 15) is 19.2 Å². The molecule has 144 valence electrons. The average Bonchev–Trinajstić information content (AvgIpc) is 2.95. The molecule has 2 heterocycles. The molecular formula is C18H22N4O5. The van der Waals surface area contributed by atoms with Crippen LogP contribution in [0.4, 0.5) is 5.69 Å². The summed E-state index contributed by atoms with van der Waals surface area (Å²) in [5.41, 5.74) is 7.22. The summed E-state index contributed by atoms with van der Waals surface area (Å²) in [5.74, 6) is -1.35. The molecule has 1 atom stereocenters. The number of primary amides is 1. The number of rotatable bonds is 8. The molecule has 9 nitrogen and oxygen atoms in total. The van der Waals surface area contributed by atoms with Crippen molar-refractivity contribution in [2.75, 3.05) is 25.1 Å². The molecule has 0 aliphatic carbocycles. The van der Waals surface area contributed by atoms with Gasteiger partial charge in [-0.25, -0.2) is 0 Å². The molecule has 27 heavy (non-hydrogen) atoms. The molecule has 0 bridgehead atoms. The Balaban J connectivity index is 1.61. The fourth-order valence-electron chi connectivity index (χ4n) is 3.28. The van der Waals surface area contributed by atoms with Crippen LogP contribution in [0.25, 0.3) is 0 Å². The number of imide groups is 1. The molecule has 0 spiro atoms. The van der Waals surface area contributed by atoms with Crippen molar-refractivity contribution in [3.63, 3.8) is 0 Å². The number of carbonyl (C=O) groups excluding carboxylic acids is 4. The van der Waals surface area contributed by atoms with E-state index in [1.165, 1.54) is 4.90 Å². The number of benzene rings is 1. The van der Waals surface area contributed by atoms with E-state index in [1.807, 2.05) is 6.07 Å². The Kier molecular flexibility index (Phi) is 5.70. The Morgan fingerprint density at radius 3 is 2.85 bits per heavy atom. The van der Waals surface area contributed by atoms with Gasteiger partial charge in [0.1, 0.15) is 6.04 Å². The molecule has 3 rings (SSSR count). The summed E-state index contributed by atoms with van der Waals surface area (Å²) in [6.45, 7) is 1.47. The molecule has 2 aliphatic rings. The van der Waals surface area contributed by atoms with E-state index >= 15 is 0 Å². The van der Waals surface area contributed by atoms with Gasteiger partial charge in [-0.1, -0.05) is 6.07 Å². The highest BCUT2D eigenvalue weighted by molar-refractivity contribution is 6.06. The molecule has 1 fully saturated rings. The number of hydrogen-bond acceptors (Lipinski definition) is 6. The zero-order valence-electron chi connectivity index (χ0n) is 14.8. The highest BCUT2D eigenvalue weighted by Crippen LogP contribution is 2.32. The summed E-state index contributed by atoms with van der Waals surface area (Å²) in [5, 5.41) is 5.51. The molecule has 0 aromatic heterocycles. The van der Waals surface area contributed by atoms with Crippen LogP contribution >= 0.6 is 0 Å². The quantitative estimate of drug-likeness (QED) is 0.425. The van der Waals surface area contributed by atoms with Crippen molar-refractivity contribution in [2.45, 2.75) is 31.8 Å². The molecule has 1 aromatic rings. The number of anilines is 1. The van der Waals surface area contributed by atoms with Crippen molar-refractivity contribution in [3.05, 3.63) is 29.3 Å². The Labute approximate surface area is 156 Å². The van der Waals surface area contributed by atoms with Crippen molar-refractivity contribution in [3.8, 4) is 0 Å². The minimum Gasteiger partial charge on any atom is -0.382 e. The van der Waals surface area contributed by atoms with Crippen LogP contribution in [0, 0.1) is 0 Å². The third-order valence-corrected chi connectivity index (χ3v) is 4.64. The Bertz CT molecular complexity index is 779. The van der Waals surface area contributed by atoms with Crippen molar-refractivity contribution >= 4 is 29.3 Å². The third-order valence-electron chi connectivity index (χ3n) is 4.64. The van der Waals surface area contributed by atoms with Crippen LogP contribution in [-0.4, -0.2) is 54.3 Å². The van der Waals surface area contributed by atoms with Crippen LogP contribution in [0.3, 0.4) is 0 Å². The summed E-state index contributed by atoms with van der Waals surface area (Å²) < 4.78 is 5.32. The topological polar surface area (TPSA) is 131 Å². The maximum Gasteiger partial charge on any atom is 0.255 e. The number of carbonyl (C=O) groups is 4. The summed E-state index contributed by atoms with van der Waals surface area (Å²) >= 11 is 0. The number of nitrogens with two attached hydrogens (primary N) is 1. The number of nitrogens with zero attached hydrogens (tertiary/aromatic N) is 1. The molecule has 4 N–H and O–H groups in total. The molecular weight excluding hydrogens is 352 g/mol. The first kappa shape index (κ1) is 18.8. The second-order valence-electron chi connectivity index (χ2n) is 6.49. The minimum atomic E-state index is -0.632. The van der Waals surface area contributed by atoms with Gasteiger partial charge in [-0.05, 0) is 18.6 Å². The smallest absolute Gasteiger partial charge is 0.255 e. The Hall–Kier alpha value is -2.94. The van der Waals surface area contributed by atoms with Crippen molar-refractivity contribution < 1.29 is 23.9 Å². The minimum absolute atomic E-state index is 0.177. The van der Waals surface area contributed by atoms with E-state index in [0.717, 1.165) is 11.3 Å². The fraction of sp³-hybridized carbons (Fsp3) is 0.444. The standard InChI is InChI=1S/C18H22N4O5/c19-15(23)6-8-27-9-7-20-13-3-1-2-11-12(13)10-22(18(11)26)14-4-5-16(24)21-17(14)25/h1-3,14,20H,4-10H2,(H2,19,23)(H,21,24,25). The Morgan fingerprint density at radius 1 is 1.30 bits per heavy atom. The second kappa shape index (κ2) is 8.17. The van der Waals surface area contributed by atoms with Gasteiger partial charge in [0.15, 0.2) is 0 Å². The van der Waals surface area contributed by atoms with E-state index in [2.05, 4.69) is 10.6 Å². The second-order valence-corrected chi connectivity index (χ2v) is 6.49. The number of ether oxygens (including phenoxy) is 1. The Morgan fingerprint density at radius 2 is 2.11 bits per heavy atom. The molecule has 2 aliphatic heterocycles. The van der Waals surface area contributed by atoms with E-state index < -0.39 is 17.9 Å². The molecule has 4 amide bonds. The molecule has 0 radical (unpaired) electrons. The van der Waals surface area contributed by atoms with Crippen LogP contribution in [0.2, 0.25) is 0 Å². The predicted octanol–water partition coefficient (Wildman–Crippen LogP) is -0.248. The number of piperidine rings is 1. The van der Waals surface area contributed by atoms with Gasteiger partial charge in [-0.15, -0.1) is 0 Å². The SMILES string of the molecule is NC(=O)CCOCCNc1cccc2c1CN(C1CCC(=O)NC1=O)C2=O. The van der Waals surface area contributed by atoms with Crippen LogP contribution in [0.5, 0.6) is 0 Å². The van der Waals surface area contributed by atoms with E-state index in [0.29, 0.717) is 31.7 Å². The maximum absolute atomic E-state index is 12.7. The van der Waals surface area contributed by atoms with Gasteiger partial charge in [0.05, 0.1) is 13.2 Å². The first-order valence-corrected chi connectivity index (χ1v) is 8.84. The number of hydrogen-bond donors (Lipinski definition) is 3. The van der Waals surface area contributed by atoms with Crippen LogP contribution in [0.15, 0.2) is 18.2 Å². The molecule has 9 heteroatoms. The van der Waals surface area contributed by atoms with Crippen molar-refractivity contribution in [2.24, 2.45) is 5.73 Å². The van der Waals surface area contributed by atoms with Crippen LogP contribution < -0.4 is 16.4 Å². The normalized spacial score (nSPS) is 19.0. The molecule has 1 aromatic carbocycles. The largest absolute Gasteiger partial charge is 0.382 e. The van der Waals surface area contributed by atoms with Gasteiger partial charge < -0.3 is 20.7 Å². The zero-order chi connectivity index (χ0) is 19.4. The van der Waals surface area contributed by atoms with Crippen molar-refractivity contribution in [1.82, 2.24) is 10.2 Å². The summed E-state index contributed by atoms with van der Waals surface area (Å²) in [6, 6.07) is 4.75. The first-order chi connectivity index (χ1) is 13.0. The van der Waals surface area contributed by atoms with E-state index in [4.69, 9.17) is 10.5 Å². The van der Waals surface area contributed by atoms with Crippen molar-refractivity contribution in [1.29, 1.82) is 0 Å². The van der Waals surface area contributed by atoms with Gasteiger partial charge in [0.25, 0.3) is 5.91 Å². The predicted molar refractivity (Wildman–Crippen MR) is 95.6 cm³/mol. The lowest BCUT2D eigenvalue weighted by molar-refractivity contribution is -0.137. The third kappa shape index (κ3) is 4.25. The molecule has 1 unspecified atom stereocenters. The lowest BCUT2D eigenvalue weighted by Crippen LogP contribution is -2.52. The van der Waals surface area contributed by atoms with Gasteiger partial charge in [0.2, 0.25) is 17.7 Å². The number of amides is 4. The van der Waals surface area contributed by atoms with Gasteiger partial charge in [-0.2, -0.15) is 0 Å². The van der Waals surface area contributed by atoms with E-state index in [-0.39, 0.29) is 31.3 Å². The number of fused-ring (bicyclic) bond motifs is 1. The lowest BCUT2D eigenvalue weighted by Gasteiger charge is -2.29. The fourth-order valence-corrected chi connectivity index (χ4v) is 3.28. The first-order valence-electron chi connectivity index (χ1n) is 8.84. The average molecular weight is 374 g/mol. The van der Waals surface area contributed by atoms with Gasteiger partial charge in [0, 0.05) is 42.7 Å². The summed E-state index contributed by atoms with van der Waals surface area (Å²) in [4.78, 5) is 48.3. The number of nitrogens with one attached hydrogen (secondary N) is 2. The summed E-state index contributed by atoms with van der Waals surface area (Å²) in [7, 11) is 0. The lowest BCUT2D eigenvalue weighted by atomic mass is 10.0. The van der Waals surface area contributed by atoms with E-state index in [1.54, 1.807) is 12.1 Å². The molecule has 0 saturated carbocycles. The monoisotopic (exact) mass is 374 g/mol. The van der Waals surface area contributed by atoms with Gasteiger partial charge in [-0.3, -0.25) is 24.5 Å².